The van der Waals surface area contributed by atoms with Crippen LogP contribution in [0.15, 0.2) is 36.4 Å². The number of carbonyl (C=O) groups excluding carboxylic acids is 2. The first kappa shape index (κ1) is 15.3. The van der Waals surface area contributed by atoms with E-state index in [0.29, 0.717) is 11.4 Å². The van der Waals surface area contributed by atoms with E-state index in [1.807, 2.05) is 12.2 Å². The topological polar surface area (TPSA) is 95.5 Å². The third kappa shape index (κ3) is 2.97. The number of nitrogens with one attached hydrogen (secondary N) is 2. The van der Waals surface area contributed by atoms with Crippen molar-refractivity contribution in [1.29, 1.82) is 0 Å². The zero-order chi connectivity index (χ0) is 16.6. The molecule has 0 unspecified atom stereocenters. The molecule has 2 amide bonds. The van der Waals surface area contributed by atoms with Gasteiger partial charge in [-0.2, -0.15) is 0 Å². The minimum absolute atomic E-state index is 0.0142. The molecule has 0 saturated heterocycles. The van der Waals surface area contributed by atoms with Crippen LogP contribution in [0.25, 0.3) is 0 Å². The molecule has 120 valence electrons. The van der Waals surface area contributed by atoms with Crippen LogP contribution in [0, 0.1) is 23.7 Å². The highest BCUT2D eigenvalue weighted by molar-refractivity contribution is 5.97. The van der Waals surface area contributed by atoms with E-state index in [1.54, 1.807) is 24.3 Å². The van der Waals surface area contributed by atoms with Crippen LogP contribution < -0.4 is 10.6 Å². The first-order valence-corrected chi connectivity index (χ1v) is 7.55. The van der Waals surface area contributed by atoms with Crippen LogP contribution in [0.1, 0.15) is 13.3 Å². The van der Waals surface area contributed by atoms with Gasteiger partial charge in [-0.25, -0.2) is 0 Å². The number of aliphatic carboxylic acids is 1. The molecule has 1 saturated carbocycles. The largest absolute Gasteiger partial charge is 0.481 e. The Labute approximate surface area is 133 Å². The van der Waals surface area contributed by atoms with Gasteiger partial charge >= 0.3 is 5.97 Å². The summed E-state index contributed by atoms with van der Waals surface area (Å²) in [6, 6.07) is 6.80. The summed E-state index contributed by atoms with van der Waals surface area (Å²) in [6.45, 7) is 1.41. The summed E-state index contributed by atoms with van der Waals surface area (Å²) in [6.07, 6.45) is 4.58. The molecular weight excluding hydrogens is 296 g/mol. The van der Waals surface area contributed by atoms with Crippen molar-refractivity contribution < 1.29 is 19.5 Å². The second-order valence-corrected chi connectivity index (χ2v) is 6.09. The molecule has 2 aliphatic carbocycles. The van der Waals surface area contributed by atoms with E-state index >= 15 is 0 Å². The Bertz CT molecular complexity index is 698. The fourth-order valence-corrected chi connectivity index (χ4v) is 3.62. The number of fused-ring (bicyclic) bond motifs is 2. The first-order chi connectivity index (χ1) is 11.0. The maximum absolute atomic E-state index is 12.6. The van der Waals surface area contributed by atoms with Crippen LogP contribution in [-0.2, 0) is 14.4 Å². The zero-order valence-corrected chi connectivity index (χ0v) is 12.7. The lowest BCUT2D eigenvalue weighted by molar-refractivity contribution is -0.146. The molecule has 0 radical (unpaired) electrons. The summed E-state index contributed by atoms with van der Waals surface area (Å²) >= 11 is 0. The molecule has 6 nitrogen and oxygen atoms in total. The summed E-state index contributed by atoms with van der Waals surface area (Å²) in [5.74, 6) is -2.69. The van der Waals surface area contributed by atoms with E-state index in [1.165, 1.54) is 6.92 Å². The van der Waals surface area contributed by atoms with Crippen LogP contribution in [0.3, 0.4) is 0 Å². The van der Waals surface area contributed by atoms with E-state index in [-0.39, 0.29) is 23.7 Å². The normalized spacial score (nSPS) is 27.7. The van der Waals surface area contributed by atoms with Crippen molar-refractivity contribution >= 4 is 29.2 Å². The Balaban J connectivity index is 1.75. The van der Waals surface area contributed by atoms with Crippen molar-refractivity contribution in [2.24, 2.45) is 23.7 Å². The van der Waals surface area contributed by atoms with Crippen molar-refractivity contribution in [3.05, 3.63) is 36.4 Å². The van der Waals surface area contributed by atoms with Gasteiger partial charge in [0, 0.05) is 18.3 Å². The highest BCUT2D eigenvalue weighted by atomic mass is 16.4. The van der Waals surface area contributed by atoms with E-state index in [4.69, 9.17) is 0 Å². The number of carboxylic acids is 1. The summed E-state index contributed by atoms with van der Waals surface area (Å²) in [5.41, 5.74) is 1.12. The van der Waals surface area contributed by atoms with Crippen LogP contribution in [0.5, 0.6) is 0 Å². The Morgan fingerprint density at radius 3 is 2.26 bits per heavy atom. The predicted octanol–water partition coefficient (Wildman–Crippen LogP) is 2.11. The zero-order valence-electron chi connectivity index (χ0n) is 12.7. The molecule has 4 atom stereocenters. The lowest BCUT2D eigenvalue weighted by Gasteiger charge is -2.24. The monoisotopic (exact) mass is 314 g/mol. The highest BCUT2D eigenvalue weighted by Crippen LogP contribution is 2.48. The second-order valence-electron chi connectivity index (χ2n) is 6.09. The summed E-state index contributed by atoms with van der Waals surface area (Å²) < 4.78 is 0. The van der Waals surface area contributed by atoms with Crippen LogP contribution in [-0.4, -0.2) is 22.9 Å². The molecule has 0 aliphatic heterocycles. The van der Waals surface area contributed by atoms with E-state index in [2.05, 4.69) is 10.6 Å². The fourth-order valence-electron chi connectivity index (χ4n) is 3.62. The van der Waals surface area contributed by atoms with Gasteiger partial charge < -0.3 is 15.7 Å². The Morgan fingerprint density at radius 2 is 1.65 bits per heavy atom. The van der Waals surface area contributed by atoms with Gasteiger partial charge in [0.1, 0.15) is 0 Å². The van der Waals surface area contributed by atoms with Gasteiger partial charge in [-0.05, 0) is 36.5 Å². The maximum Gasteiger partial charge on any atom is 0.307 e. The van der Waals surface area contributed by atoms with Gasteiger partial charge in [-0.3, -0.25) is 14.4 Å². The smallest absolute Gasteiger partial charge is 0.307 e. The Morgan fingerprint density at radius 1 is 1.04 bits per heavy atom. The number of benzene rings is 1. The molecule has 1 fully saturated rings. The molecule has 3 rings (SSSR count). The molecular formula is C17H18N2O4. The van der Waals surface area contributed by atoms with Crippen molar-refractivity contribution in [2.75, 3.05) is 10.6 Å². The number of rotatable bonds is 4. The molecule has 2 bridgehead atoms. The van der Waals surface area contributed by atoms with Gasteiger partial charge in [0.2, 0.25) is 11.8 Å². The third-order valence-electron chi connectivity index (χ3n) is 4.50. The van der Waals surface area contributed by atoms with Crippen molar-refractivity contribution in [3.63, 3.8) is 0 Å². The predicted molar refractivity (Wildman–Crippen MR) is 84.7 cm³/mol. The van der Waals surface area contributed by atoms with E-state index < -0.39 is 17.8 Å². The molecule has 23 heavy (non-hydrogen) atoms. The standard InChI is InChI=1S/C17H18N2O4/c1-9(20)18-12-3-2-4-13(8-12)19-16(21)14-10-5-6-11(7-10)15(14)17(22)23/h2-6,8,10-11,14-15H,7H2,1H3,(H,18,20)(H,19,21)(H,22,23)/t10-,11+,14+,15-/m0/s1. The minimum Gasteiger partial charge on any atom is -0.481 e. The number of amides is 2. The Kier molecular flexibility index (Phi) is 3.90. The number of carbonyl (C=O) groups is 3. The maximum atomic E-state index is 12.6. The number of hydrogen-bond acceptors (Lipinski definition) is 3. The average molecular weight is 314 g/mol. The lowest BCUT2D eigenvalue weighted by atomic mass is 9.82. The molecule has 6 heteroatoms. The molecule has 3 N–H and O–H groups in total. The van der Waals surface area contributed by atoms with Gasteiger partial charge in [0.15, 0.2) is 0 Å². The number of hydrogen-bond donors (Lipinski definition) is 3. The number of allylic oxidation sites excluding steroid dienone is 2. The molecule has 0 spiro atoms. The van der Waals surface area contributed by atoms with E-state index in [9.17, 15) is 19.5 Å². The lowest BCUT2D eigenvalue weighted by Crippen LogP contribution is -2.36. The number of anilines is 2. The number of carboxylic acid groups (broad SMARTS) is 1. The van der Waals surface area contributed by atoms with Crippen LogP contribution in [0.4, 0.5) is 11.4 Å². The SMILES string of the molecule is CC(=O)Nc1cccc(NC(=O)[C@H]2[C@@H](C(=O)O)[C@@H]3C=C[C@H]2C3)c1. The summed E-state index contributed by atoms with van der Waals surface area (Å²) in [7, 11) is 0. The molecule has 2 aliphatic rings. The summed E-state index contributed by atoms with van der Waals surface area (Å²) in [5, 5.41) is 14.8. The first-order valence-electron chi connectivity index (χ1n) is 7.55. The Hall–Kier alpha value is -2.63. The average Bonchev–Trinajstić information content (AvgIpc) is 3.07. The third-order valence-corrected chi connectivity index (χ3v) is 4.50. The van der Waals surface area contributed by atoms with Crippen molar-refractivity contribution in [2.45, 2.75) is 13.3 Å². The van der Waals surface area contributed by atoms with Gasteiger partial charge in [-0.1, -0.05) is 18.2 Å². The highest BCUT2D eigenvalue weighted by Gasteiger charge is 2.51. The van der Waals surface area contributed by atoms with Gasteiger partial charge in [0.25, 0.3) is 0 Å². The molecule has 1 aromatic rings. The fraction of sp³-hybridized carbons (Fsp3) is 0.353. The molecule has 1 aromatic carbocycles. The van der Waals surface area contributed by atoms with Crippen LogP contribution >= 0.6 is 0 Å². The van der Waals surface area contributed by atoms with Gasteiger partial charge in [-0.15, -0.1) is 0 Å². The van der Waals surface area contributed by atoms with Crippen molar-refractivity contribution in [3.8, 4) is 0 Å². The van der Waals surface area contributed by atoms with Crippen molar-refractivity contribution in [1.82, 2.24) is 0 Å². The van der Waals surface area contributed by atoms with E-state index in [0.717, 1.165) is 6.42 Å². The summed E-state index contributed by atoms with van der Waals surface area (Å²) in [4.78, 5) is 35.1. The molecule has 0 heterocycles. The van der Waals surface area contributed by atoms with Gasteiger partial charge in [0.05, 0.1) is 11.8 Å². The molecule has 0 aromatic heterocycles. The van der Waals surface area contributed by atoms with Crippen LogP contribution in [0.2, 0.25) is 0 Å². The second kappa shape index (κ2) is 5.87. The minimum atomic E-state index is -0.922. The quantitative estimate of drug-likeness (QED) is 0.742.